The molecule has 0 aromatic carbocycles. The summed E-state index contributed by atoms with van der Waals surface area (Å²) in [5, 5.41) is 3.15. The average Bonchev–Trinajstić information content (AvgIpc) is 1.61. The SMILES string of the molecule is C=NOC=C(C)C. The molecule has 2 nitrogen and oxygen atoms in total. The minimum atomic E-state index is 1.08. The van der Waals surface area contributed by atoms with Crippen LogP contribution >= 0.6 is 0 Å². The normalized spacial score (nSPS) is 7.14. The van der Waals surface area contributed by atoms with Crippen molar-refractivity contribution in [3.8, 4) is 0 Å². The van der Waals surface area contributed by atoms with Crippen LogP contribution in [-0.4, -0.2) is 6.72 Å². The fourth-order valence-corrected chi connectivity index (χ4v) is 0.143. The van der Waals surface area contributed by atoms with Crippen LogP contribution in [0.15, 0.2) is 17.0 Å². The Morgan fingerprint density at radius 2 is 2.29 bits per heavy atom. The smallest absolute Gasteiger partial charge is 0.120 e. The van der Waals surface area contributed by atoms with Crippen molar-refractivity contribution < 1.29 is 4.84 Å². The summed E-state index contributed by atoms with van der Waals surface area (Å²) in [5.74, 6) is 0. The van der Waals surface area contributed by atoms with Crippen LogP contribution in [0.2, 0.25) is 0 Å². The maximum atomic E-state index is 4.45. The molecule has 0 radical (unpaired) electrons. The molecule has 0 unspecified atom stereocenters. The molecule has 40 valence electrons. The minimum Gasteiger partial charge on any atom is -0.366 e. The van der Waals surface area contributed by atoms with E-state index in [9.17, 15) is 0 Å². The maximum absolute atomic E-state index is 4.45. The van der Waals surface area contributed by atoms with Crippen LogP contribution in [0.4, 0.5) is 0 Å². The molecule has 0 aromatic heterocycles. The quantitative estimate of drug-likeness (QED) is 0.292. The van der Waals surface area contributed by atoms with Crippen LogP contribution in [0.5, 0.6) is 0 Å². The molecule has 0 spiro atoms. The number of hydrogen-bond acceptors (Lipinski definition) is 2. The fourth-order valence-electron chi connectivity index (χ4n) is 0.143. The zero-order chi connectivity index (χ0) is 5.70. The zero-order valence-electron chi connectivity index (χ0n) is 4.64. The van der Waals surface area contributed by atoms with E-state index in [0.29, 0.717) is 0 Å². The lowest BCUT2D eigenvalue weighted by atomic mass is 10.4. The van der Waals surface area contributed by atoms with E-state index >= 15 is 0 Å². The molecule has 2 heteroatoms. The monoisotopic (exact) mass is 99.1 g/mol. The highest BCUT2D eigenvalue weighted by atomic mass is 16.6. The molecule has 7 heavy (non-hydrogen) atoms. The molecule has 0 atom stereocenters. The first-order valence-corrected chi connectivity index (χ1v) is 2.02. The summed E-state index contributed by atoms with van der Waals surface area (Å²) in [6.07, 6.45) is 1.53. The lowest BCUT2D eigenvalue weighted by Gasteiger charge is -1.84. The number of rotatable bonds is 2. The Morgan fingerprint density at radius 3 is 2.43 bits per heavy atom. The second-order valence-electron chi connectivity index (χ2n) is 1.43. The van der Waals surface area contributed by atoms with Crippen LogP contribution in [0.25, 0.3) is 0 Å². The van der Waals surface area contributed by atoms with Gasteiger partial charge in [0.15, 0.2) is 0 Å². The van der Waals surface area contributed by atoms with Crippen molar-refractivity contribution in [3.63, 3.8) is 0 Å². The predicted octanol–water partition coefficient (Wildman–Crippen LogP) is 1.54. The number of nitrogens with zero attached hydrogens (tertiary/aromatic N) is 1. The molecule has 0 amide bonds. The third-order valence-corrected chi connectivity index (χ3v) is 0.363. The first-order chi connectivity index (χ1) is 3.27. The molecule has 0 aliphatic rings. The second kappa shape index (κ2) is 3.40. The Kier molecular flexibility index (Phi) is 3.02. The molecule has 0 fully saturated rings. The number of allylic oxidation sites excluding steroid dienone is 1. The summed E-state index contributed by atoms with van der Waals surface area (Å²) in [5.41, 5.74) is 1.08. The summed E-state index contributed by atoms with van der Waals surface area (Å²) < 4.78 is 0. The average molecular weight is 99.1 g/mol. The van der Waals surface area contributed by atoms with Gasteiger partial charge in [-0.05, 0) is 19.4 Å². The van der Waals surface area contributed by atoms with Crippen LogP contribution in [-0.2, 0) is 4.84 Å². The number of oxime groups is 1. The molecule has 0 N–H and O–H groups in total. The first kappa shape index (κ1) is 6.21. The van der Waals surface area contributed by atoms with Crippen molar-refractivity contribution in [1.29, 1.82) is 0 Å². The molecule has 0 aromatic rings. The van der Waals surface area contributed by atoms with Crippen LogP contribution in [0, 0.1) is 0 Å². The highest BCUT2D eigenvalue weighted by molar-refractivity contribution is 5.21. The van der Waals surface area contributed by atoms with E-state index < -0.39 is 0 Å². The molecular weight excluding hydrogens is 90.1 g/mol. The highest BCUT2D eigenvalue weighted by Gasteiger charge is 1.70. The standard InChI is InChI=1S/C5H9NO/c1-5(2)4-7-6-3/h4H,3H2,1-2H3. The number of hydrogen-bond donors (Lipinski definition) is 0. The van der Waals surface area contributed by atoms with Crippen LogP contribution < -0.4 is 0 Å². The summed E-state index contributed by atoms with van der Waals surface area (Å²) in [6, 6.07) is 0. The highest BCUT2D eigenvalue weighted by Crippen LogP contribution is 1.87. The van der Waals surface area contributed by atoms with E-state index in [4.69, 9.17) is 0 Å². The zero-order valence-corrected chi connectivity index (χ0v) is 4.64. The van der Waals surface area contributed by atoms with Crippen molar-refractivity contribution in [2.45, 2.75) is 13.8 Å². The Morgan fingerprint density at radius 1 is 1.71 bits per heavy atom. The summed E-state index contributed by atoms with van der Waals surface area (Å²) >= 11 is 0. The molecular formula is C5H9NO. The lowest BCUT2D eigenvalue weighted by molar-refractivity contribution is 0.269. The van der Waals surface area contributed by atoms with Crippen molar-refractivity contribution >= 4 is 6.72 Å². The van der Waals surface area contributed by atoms with Crippen LogP contribution in [0.1, 0.15) is 13.8 Å². The van der Waals surface area contributed by atoms with Crippen molar-refractivity contribution in [1.82, 2.24) is 0 Å². The van der Waals surface area contributed by atoms with Gasteiger partial charge in [-0.3, -0.25) is 0 Å². The van der Waals surface area contributed by atoms with Gasteiger partial charge in [0.05, 0.1) is 0 Å². The van der Waals surface area contributed by atoms with Gasteiger partial charge in [-0.25, -0.2) is 0 Å². The van der Waals surface area contributed by atoms with Crippen LogP contribution in [0.3, 0.4) is 0 Å². The van der Waals surface area contributed by atoms with Gasteiger partial charge in [-0.1, -0.05) is 5.16 Å². The van der Waals surface area contributed by atoms with Crippen molar-refractivity contribution in [2.24, 2.45) is 5.16 Å². The second-order valence-corrected chi connectivity index (χ2v) is 1.43. The van der Waals surface area contributed by atoms with Crippen molar-refractivity contribution in [2.75, 3.05) is 0 Å². The Labute approximate surface area is 43.5 Å². The van der Waals surface area contributed by atoms with Gasteiger partial charge in [0, 0.05) is 6.72 Å². The summed E-state index contributed by atoms with van der Waals surface area (Å²) in [7, 11) is 0. The molecule has 0 rings (SSSR count). The first-order valence-electron chi connectivity index (χ1n) is 2.02. The predicted molar refractivity (Wildman–Crippen MR) is 30.1 cm³/mol. The van der Waals surface area contributed by atoms with Gasteiger partial charge >= 0.3 is 0 Å². The lowest BCUT2D eigenvalue weighted by Crippen LogP contribution is -1.66. The third kappa shape index (κ3) is 5.21. The van der Waals surface area contributed by atoms with E-state index in [1.165, 1.54) is 6.26 Å². The van der Waals surface area contributed by atoms with Gasteiger partial charge in [-0.15, -0.1) is 0 Å². The Hall–Kier alpha value is -0.790. The molecule has 0 aliphatic heterocycles. The largest absolute Gasteiger partial charge is 0.366 e. The van der Waals surface area contributed by atoms with Gasteiger partial charge < -0.3 is 4.84 Å². The topological polar surface area (TPSA) is 21.6 Å². The van der Waals surface area contributed by atoms with Gasteiger partial charge in [0.1, 0.15) is 6.26 Å². The van der Waals surface area contributed by atoms with E-state index in [2.05, 4.69) is 16.7 Å². The summed E-state index contributed by atoms with van der Waals surface area (Å²) in [4.78, 5) is 4.45. The summed E-state index contributed by atoms with van der Waals surface area (Å²) in [6.45, 7) is 6.96. The van der Waals surface area contributed by atoms with E-state index in [1.54, 1.807) is 0 Å². The van der Waals surface area contributed by atoms with Gasteiger partial charge in [-0.2, -0.15) is 0 Å². The van der Waals surface area contributed by atoms with E-state index in [0.717, 1.165) is 5.57 Å². The van der Waals surface area contributed by atoms with Crippen molar-refractivity contribution in [3.05, 3.63) is 11.8 Å². The Bertz CT molecular complexity index is 82.1. The molecule has 0 bridgehead atoms. The Balaban J connectivity index is 3.25. The van der Waals surface area contributed by atoms with E-state index in [-0.39, 0.29) is 0 Å². The molecule has 0 saturated carbocycles. The third-order valence-electron chi connectivity index (χ3n) is 0.363. The molecule has 0 aliphatic carbocycles. The van der Waals surface area contributed by atoms with Gasteiger partial charge in [0.25, 0.3) is 0 Å². The maximum Gasteiger partial charge on any atom is 0.120 e. The van der Waals surface area contributed by atoms with E-state index in [1.807, 2.05) is 13.8 Å². The van der Waals surface area contributed by atoms with Gasteiger partial charge in [0.2, 0.25) is 0 Å². The molecule has 0 saturated heterocycles. The minimum absolute atomic E-state index is 1.08. The molecule has 0 heterocycles. The fraction of sp³-hybridized carbons (Fsp3) is 0.400.